The van der Waals surface area contributed by atoms with Crippen molar-refractivity contribution in [3.63, 3.8) is 0 Å². The van der Waals surface area contributed by atoms with Gasteiger partial charge in [0, 0.05) is 0 Å². The Balaban J connectivity index is 0. The molecule has 1 N–H and O–H groups in total. The Morgan fingerprint density at radius 1 is 1.11 bits per heavy atom. The number of carbonyl (C=O) groups is 2. The van der Waals surface area contributed by atoms with Crippen LogP contribution in [-0.4, -0.2) is 17.4 Å². The van der Waals surface area contributed by atoms with Crippen molar-refractivity contribution in [2.45, 2.75) is 12.8 Å². The second-order valence-electron chi connectivity index (χ2n) is 1.35. The van der Waals surface area contributed by atoms with Gasteiger partial charge in [-0.3, -0.25) is 9.59 Å². The molecule has 46 valence electrons. The van der Waals surface area contributed by atoms with Crippen molar-refractivity contribution in [1.82, 2.24) is 0 Å². The molecular weight excluding hydrogens is 135 g/mol. The van der Waals surface area contributed by atoms with Gasteiger partial charge in [0.15, 0.2) is 0 Å². The Bertz CT molecular complexity index is 108. The standard InChI is InChI=1S/C4H4O3.Na.H2O/c5-3-1-2-4(6)7-3;;/h1-2H2;;1H2/q;+1;/p-1. The van der Waals surface area contributed by atoms with Crippen LogP contribution in [0.5, 0.6) is 0 Å². The first kappa shape index (κ1) is 11.8. The number of rotatable bonds is 0. The fraction of sp³-hybridized carbons (Fsp3) is 0.500. The van der Waals surface area contributed by atoms with Crippen LogP contribution >= 0.6 is 0 Å². The van der Waals surface area contributed by atoms with Crippen LogP contribution < -0.4 is 29.6 Å². The van der Waals surface area contributed by atoms with Gasteiger partial charge in [0.1, 0.15) is 0 Å². The van der Waals surface area contributed by atoms with E-state index in [0.29, 0.717) is 0 Å². The van der Waals surface area contributed by atoms with Crippen LogP contribution in [-0.2, 0) is 14.3 Å². The maximum Gasteiger partial charge on any atom is 1.00 e. The molecular formula is C4H5NaO4. The first-order valence-electron chi connectivity index (χ1n) is 2.02. The van der Waals surface area contributed by atoms with E-state index in [2.05, 4.69) is 4.74 Å². The number of cyclic esters (lactones) is 2. The summed E-state index contributed by atoms with van der Waals surface area (Å²) in [6.45, 7) is 0. The third-order valence-corrected chi connectivity index (χ3v) is 0.761. The van der Waals surface area contributed by atoms with E-state index in [9.17, 15) is 9.59 Å². The quantitative estimate of drug-likeness (QED) is 0.200. The van der Waals surface area contributed by atoms with Crippen molar-refractivity contribution in [3.8, 4) is 0 Å². The van der Waals surface area contributed by atoms with E-state index in [1.165, 1.54) is 0 Å². The molecule has 0 bridgehead atoms. The summed E-state index contributed by atoms with van der Waals surface area (Å²) in [5.41, 5.74) is 0. The smallest absolute Gasteiger partial charge is 0.870 e. The molecule has 0 unspecified atom stereocenters. The molecule has 0 aromatic carbocycles. The molecule has 1 rings (SSSR count). The molecule has 9 heavy (non-hydrogen) atoms. The molecule has 4 nitrogen and oxygen atoms in total. The third-order valence-electron chi connectivity index (χ3n) is 0.761. The van der Waals surface area contributed by atoms with Crippen LogP contribution in [0.3, 0.4) is 0 Å². The van der Waals surface area contributed by atoms with Crippen LogP contribution in [0.15, 0.2) is 0 Å². The van der Waals surface area contributed by atoms with Gasteiger partial charge in [-0.15, -0.1) is 0 Å². The molecule has 1 heterocycles. The van der Waals surface area contributed by atoms with Gasteiger partial charge < -0.3 is 10.2 Å². The van der Waals surface area contributed by atoms with E-state index in [1.807, 2.05) is 0 Å². The second-order valence-corrected chi connectivity index (χ2v) is 1.35. The van der Waals surface area contributed by atoms with Crippen LogP contribution in [0, 0.1) is 0 Å². The zero-order valence-electron chi connectivity index (χ0n) is 5.09. The molecule has 1 fully saturated rings. The topological polar surface area (TPSA) is 73.4 Å². The molecule has 0 aliphatic carbocycles. The predicted octanol–water partition coefficient (Wildman–Crippen LogP) is -3.32. The molecule has 0 aromatic rings. The summed E-state index contributed by atoms with van der Waals surface area (Å²) in [6.07, 6.45) is 0.525. The van der Waals surface area contributed by atoms with E-state index in [1.54, 1.807) is 0 Å². The maximum absolute atomic E-state index is 10.0. The molecule has 0 atom stereocenters. The van der Waals surface area contributed by atoms with Crippen molar-refractivity contribution in [3.05, 3.63) is 0 Å². The summed E-state index contributed by atoms with van der Waals surface area (Å²) in [4.78, 5) is 20.0. The maximum atomic E-state index is 10.0. The number of carbonyl (C=O) groups excluding carboxylic acids is 2. The summed E-state index contributed by atoms with van der Waals surface area (Å²) >= 11 is 0. The van der Waals surface area contributed by atoms with Crippen LogP contribution in [0.1, 0.15) is 12.8 Å². The molecule has 1 saturated heterocycles. The molecule has 0 radical (unpaired) electrons. The predicted molar refractivity (Wildman–Crippen MR) is 22.3 cm³/mol. The molecule has 5 heteroatoms. The first-order chi connectivity index (χ1) is 3.29. The summed E-state index contributed by atoms with van der Waals surface area (Å²) in [6, 6.07) is 0. The minimum absolute atomic E-state index is 0. The van der Waals surface area contributed by atoms with Crippen LogP contribution in [0.2, 0.25) is 0 Å². The zero-order chi connectivity index (χ0) is 5.28. The fourth-order valence-corrected chi connectivity index (χ4v) is 0.433. The average molecular weight is 140 g/mol. The van der Waals surface area contributed by atoms with Gasteiger partial charge >= 0.3 is 41.5 Å². The van der Waals surface area contributed by atoms with E-state index in [0.717, 1.165) is 0 Å². The third kappa shape index (κ3) is 3.64. The summed E-state index contributed by atoms with van der Waals surface area (Å²) < 4.78 is 4.08. The second kappa shape index (κ2) is 4.93. The van der Waals surface area contributed by atoms with Crippen molar-refractivity contribution < 1.29 is 49.4 Å². The molecule has 1 aliphatic rings. The molecule has 1 aliphatic heterocycles. The molecule has 0 amide bonds. The Kier molecular flexibility index (Phi) is 6.49. The normalized spacial score (nSPS) is 15.6. The Hall–Kier alpha value is 0.1000. The summed E-state index contributed by atoms with van der Waals surface area (Å²) in [5.74, 6) is -0.796. The van der Waals surface area contributed by atoms with Gasteiger partial charge in [-0.2, -0.15) is 0 Å². The molecule has 0 saturated carbocycles. The van der Waals surface area contributed by atoms with Crippen molar-refractivity contribution in [2.24, 2.45) is 0 Å². The first-order valence-corrected chi connectivity index (χ1v) is 2.02. The van der Waals surface area contributed by atoms with Gasteiger partial charge in [-0.1, -0.05) is 0 Å². The monoisotopic (exact) mass is 140 g/mol. The van der Waals surface area contributed by atoms with Gasteiger partial charge in [0.25, 0.3) is 0 Å². The minimum Gasteiger partial charge on any atom is -0.870 e. The largest absolute Gasteiger partial charge is 1.00 e. The van der Waals surface area contributed by atoms with Gasteiger partial charge in [-0.25, -0.2) is 0 Å². The van der Waals surface area contributed by atoms with Gasteiger partial charge in [0.05, 0.1) is 12.8 Å². The van der Waals surface area contributed by atoms with Crippen molar-refractivity contribution in [2.75, 3.05) is 0 Å². The van der Waals surface area contributed by atoms with Gasteiger partial charge in [0.2, 0.25) is 0 Å². The van der Waals surface area contributed by atoms with E-state index in [4.69, 9.17) is 0 Å². The number of hydrogen-bond acceptors (Lipinski definition) is 4. The van der Waals surface area contributed by atoms with Crippen LogP contribution in [0.25, 0.3) is 0 Å². The van der Waals surface area contributed by atoms with E-state index >= 15 is 0 Å². The SMILES string of the molecule is O=C1CCC(=O)O1.[Na+].[OH-]. The molecule has 0 spiro atoms. The Morgan fingerprint density at radius 3 is 1.56 bits per heavy atom. The zero-order valence-corrected chi connectivity index (χ0v) is 7.09. The average Bonchev–Trinajstić information content (AvgIpc) is 1.87. The summed E-state index contributed by atoms with van der Waals surface area (Å²) in [7, 11) is 0. The number of hydrogen-bond donors (Lipinski definition) is 0. The number of ether oxygens (including phenoxy) is 1. The van der Waals surface area contributed by atoms with Gasteiger partial charge in [-0.05, 0) is 0 Å². The fourth-order valence-electron chi connectivity index (χ4n) is 0.433. The van der Waals surface area contributed by atoms with Crippen LogP contribution in [0.4, 0.5) is 0 Å². The van der Waals surface area contributed by atoms with E-state index < -0.39 is 11.9 Å². The number of esters is 2. The van der Waals surface area contributed by atoms with Crippen molar-refractivity contribution in [1.29, 1.82) is 0 Å². The van der Waals surface area contributed by atoms with E-state index in [-0.39, 0.29) is 47.9 Å². The Morgan fingerprint density at radius 2 is 1.44 bits per heavy atom. The summed E-state index contributed by atoms with van der Waals surface area (Å²) in [5, 5.41) is 0. The Labute approximate surface area is 74.2 Å². The minimum atomic E-state index is -0.398. The van der Waals surface area contributed by atoms with Crippen molar-refractivity contribution >= 4 is 11.9 Å². The molecule has 0 aromatic heterocycles.